The molecule has 0 saturated heterocycles. The maximum atomic E-state index is 4.28. The highest BCUT2D eigenvalue weighted by Gasteiger charge is 2.28. The molecule has 3 rings (SSSR count). The molecule has 0 amide bonds. The molecule has 2 aliphatic heterocycles. The first kappa shape index (κ1) is 21.8. The van der Waals surface area contributed by atoms with Crippen LogP contribution in [0.4, 0.5) is 0 Å². The second-order valence-corrected chi connectivity index (χ2v) is 13.5. The van der Waals surface area contributed by atoms with Crippen molar-refractivity contribution in [1.29, 1.82) is 0 Å². The summed E-state index contributed by atoms with van der Waals surface area (Å²) in [7, 11) is 0. The molecule has 1 aromatic carbocycles. The summed E-state index contributed by atoms with van der Waals surface area (Å²) in [4.78, 5) is 2.82. The standard InChI is InChI=1S/C19H24S7/c1-21-16-17(22-13-9-5-3-2-4-8-12-20)26-19(25-16)18-23-14-10-6-7-11-15(14)24-18/h6-7,10-11,20H,2-5,8-9,12-13H2,1H3. The molecule has 1 aromatic rings. The average Bonchev–Trinajstić information content (AvgIpc) is 3.27. The van der Waals surface area contributed by atoms with Crippen LogP contribution in [0.3, 0.4) is 0 Å². The van der Waals surface area contributed by atoms with Crippen LogP contribution in [0.1, 0.15) is 38.5 Å². The van der Waals surface area contributed by atoms with Crippen LogP contribution in [0.15, 0.2) is 51.0 Å². The molecular weight excluding hydrogens is 453 g/mol. The number of fused-ring (bicyclic) bond motifs is 1. The van der Waals surface area contributed by atoms with Gasteiger partial charge in [-0.15, -0.1) is 23.5 Å². The van der Waals surface area contributed by atoms with E-state index in [1.165, 1.54) is 71.0 Å². The van der Waals surface area contributed by atoms with Gasteiger partial charge in [0.2, 0.25) is 0 Å². The van der Waals surface area contributed by atoms with E-state index in [9.17, 15) is 0 Å². The van der Waals surface area contributed by atoms with E-state index in [0.29, 0.717) is 0 Å². The second-order valence-electron chi connectivity index (χ2n) is 5.90. The monoisotopic (exact) mass is 476 g/mol. The number of thioether (sulfide) groups is 6. The van der Waals surface area contributed by atoms with Gasteiger partial charge in [-0.2, -0.15) is 12.6 Å². The van der Waals surface area contributed by atoms with Gasteiger partial charge in [0.05, 0.1) is 16.9 Å². The summed E-state index contributed by atoms with van der Waals surface area (Å²) in [5.74, 6) is 2.29. The summed E-state index contributed by atoms with van der Waals surface area (Å²) in [6.07, 6.45) is 10.3. The summed E-state index contributed by atoms with van der Waals surface area (Å²) in [6, 6.07) is 8.75. The first-order valence-electron chi connectivity index (χ1n) is 8.88. The van der Waals surface area contributed by atoms with E-state index in [1.807, 2.05) is 58.8 Å². The Kier molecular flexibility index (Phi) is 10.1. The summed E-state index contributed by atoms with van der Waals surface area (Å²) < 4.78 is 5.97. The zero-order valence-corrected chi connectivity index (χ0v) is 20.7. The molecule has 0 atom stereocenters. The second kappa shape index (κ2) is 12.0. The summed E-state index contributed by atoms with van der Waals surface area (Å²) in [5.41, 5.74) is 0. The Morgan fingerprint density at radius 3 is 2.00 bits per heavy atom. The van der Waals surface area contributed by atoms with E-state index in [-0.39, 0.29) is 0 Å². The van der Waals surface area contributed by atoms with Crippen LogP contribution >= 0.6 is 83.2 Å². The van der Waals surface area contributed by atoms with Crippen LogP contribution in [0, 0.1) is 0 Å². The lowest BCUT2D eigenvalue weighted by Crippen LogP contribution is -1.83. The quantitative estimate of drug-likeness (QED) is 0.262. The Morgan fingerprint density at radius 1 is 0.769 bits per heavy atom. The van der Waals surface area contributed by atoms with E-state index in [1.54, 1.807) is 0 Å². The zero-order chi connectivity index (χ0) is 18.2. The molecule has 7 heteroatoms. The fraction of sp³-hybridized carbons (Fsp3) is 0.474. The number of thiol groups is 1. The maximum absolute atomic E-state index is 4.28. The fourth-order valence-corrected chi connectivity index (χ4v) is 11.1. The van der Waals surface area contributed by atoms with Gasteiger partial charge in [-0.3, -0.25) is 0 Å². The van der Waals surface area contributed by atoms with Crippen molar-refractivity contribution in [3.8, 4) is 0 Å². The van der Waals surface area contributed by atoms with Crippen LogP contribution < -0.4 is 0 Å². The van der Waals surface area contributed by atoms with Crippen molar-refractivity contribution in [2.75, 3.05) is 17.8 Å². The normalized spacial score (nSPS) is 16.7. The first-order chi connectivity index (χ1) is 12.8. The molecule has 26 heavy (non-hydrogen) atoms. The van der Waals surface area contributed by atoms with Crippen LogP contribution in [0.25, 0.3) is 0 Å². The van der Waals surface area contributed by atoms with Crippen molar-refractivity contribution in [2.24, 2.45) is 0 Å². The summed E-state index contributed by atoms with van der Waals surface area (Å²) in [5, 5.41) is 0. The lowest BCUT2D eigenvalue weighted by molar-refractivity contribution is 0.629. The van der Waals surface area contributed by atoms with E-state index in [4.69, 9.17) is 0 Å². The van der Waals surface area contributed by atoms with Crippen molar-refractivity contribution in [1.82, 2.24) is 0 Å². The number of rotatable bonds is 10. The SMILES string of the molecule is CSC1=C(SCCCCCCCCS)SC(=C2Sc3ccccc3S2)S1. The molecule has 0 fully saturated rings. The lowest BCUT2D eigenvalue weighted by atomic mass is 10.1. The van der Waals surface area contributed by atoms with Crippen LogP contribution in [-0.4, -0.2) is 17.8 Å². The van der Waals surface area contributed by atoms with Gasteiger partial charge < -0.3 is 0 Å². The molecule has 0 spiro atoms. The average molecular weight is 477 g/mol. The molecular formula is C19H24S7. The molecule has 0 nitrogen and oxygen atoms in total. The van der Waals surface area contributed by atoms with Crippen LogP contribution in [0.5, 0.6) is 0 Å². The molecule has 0 aliphatic carbocycles. The highest BCUT2D eigenvalue weighted by molar-refractivity contribution is 8.42. The molecule has 0 unspecified atom stereocenters. The minimum atomic E-state index is 1.04. The van der Waals surface area contributed by atoms with Crippen molar-refractivity contribution >= 4 is 83.2 Å². The molecule has 0 aromatic heterocycles. The van der Waals surface area contributed by atoms with Crippen molar-refractivity contribution in [2.45, 2.75) is 48.3 Å². The van der Waals surface area contributed by atoms with Gasteiger partial charge in [0.1, 0.15) is 0 Å². The van der Waals surface area contributed by atoms with E-state index < -0.39 is 0 Å². The Balaban J connectivity index is 1.45. The number of hydrogen-bond acceptors (Lipinski definition) is 7. The molecule has 142 valence electrons. The Labute approximate surface area is 189 Å². The molecule has 0 bridgehead atoms. The number of unbranched alkanes of at least 4 members (excludes halogenated alkanes) is 5. The van der Waals surface area contributed by atoms with Crippen molar-refractivity contribution < 1.29 is 0 Å². The zero-order valence-electron chi connectivity index (χ0n) is 14.9. The van der Waals surface area contributed by atoms with E-state index in [0.717, 1.165) is 5.75 Å². The van der Waals surface area contributed by atoms with E-state index in [2.05, 4.69) is 54.9 Å². The highest BCUT2D eigenvalue weighted by atomic mass is 32.3. The molecule has 0 radical (unpaired) electrons. The van der Waals surface area contributed by atoms with Gasteiger partial charge >= 0.3 is 0 Å². The Hall–Kier alpha value is 1.15. The third kappa shape index (κ3) is 6.33. The fourth-order valence-electron chi connectivity index (χ4n) is 2.58. The van der Waals surface area contributed by atoms with Crippen LogP contribution in [-0.2, 0) is 0 Å². The van der Waals surface area contributed by atoms with Crippen molar-refractivity contribution in [3.05, 3.63) is 41.2 Å². The Bertz CT molecular complexity index is 639. The summed E-state index contributed by atoms with van der Waals surface area (Å²) in [6.45, 7) is 0. The van der Waals surface area contributed by atoms with Gasteiger partial charge in [0.15, 0.2) is 0 Å². The smallest absolute Gasteiger partial charge is 0.0717 e. The molecule has 0 N–H and O–H groups in total. The molecule has 0 saturated carbocycles. The first-order valence-corrected chi connectivity index (χ1v) is 15.0. The number of benzene rings is 1. The predicted molar refractivity (Wildman–Crippen MR) is 135 cm³/mol. The Morgan fingerprint density at radius 2 is 1.35 bits per heavy atom. The maximum Gasteiger partial charge on any atom is 0.0717 e. The van der Waals surface area contributed by atoms with Gasteiger partial charge in [0.25, 0.3) is 0 Å². The minimum Gasteiger partial charge on any atom is -0.179 e. The highest BCUT2D eigenvalue weighted by Crippen LogP contribution is 2.63. The largest absolute Gasteiger partial charge is 0.179 e. The molecule has 2 aliphatic rings. The summed E-state index contributed by atoms with van der Waals surface area (Å²) >= 11 is 16.1. The predicted octanol–water partition coefficient (Wildman–Crippen LogP) is 8.98. The molecule has 2 heterocycles. The van der Waals surface area contributed by atoms with E-state index >= 15 is 0 Å². The topological polar surface area (TPSA) is 0 Å². The van der Waals surface area contributed by atoms with Gasteiger partial charge in [-0.1, -0.05) is 84.9 Å². The lowest BCUT2D eigenvalue weighted by Gasteiger charge is -2.04. The minimum absolute atomic E-state index is 1.04. The third-order valence-electron chi connectivity index (χ3n) is 3.93. The number of hydrogen-bond donors (Lipinski definition) is 1. The van der Waals surface area contributed by atoms with Gasteiger partial charge in [-0.25, -0.2) is 0 Å². The van der Waals surface area contributed by atoms with Gasteiger partial charge in [0, 0.05) is 9.79 Å². The third-order valence-corrected chi connectivity index (χ3v) is 12.8. The van der Waals surface area contributed by atoms with Crippen molar-refractivity contribution in [3.63, 3.8) is 0 Å². The van der Waals surface area contributed by atoms with Gasteiger partial charge in [-0.05, 0) is 42.7 Å². The van der Waals surface area contributed by atoms with Crippen LogP contribution in [0.2, 0.25) is 0 Å².